The summed E-state index contributed by atoms with van der Waals surface area (Å²) in [5.74, 6) is 1.87. The van der Waals surface area contributed by atoms with Gasteiger partial charge in [-0.3, -0.25) is 0 Å². The van der Waals surface area contributed by atoms with Crippen molar-refractivity contribution in [3.8, 4) is 84.4 Å². The van der Waals surface area contributed by atoms with Crippen LogP contribution in [0.1, 0.15) is 22.3 Å². The third-order valence-electron chi connectivity index (χ3n) is 14.2. The van der Waals surface area contributed by atoms with Crippen LogP contribution in [0.5, 0.6) is 0 Å². The van der Waals surface area contributed by atoms with Crippen molar-refractivity contribution in [3.63, 3.8) is 0 Å². The molecule has 10 aromatic carbocycles. The third-order valence-corrected chi connectivity index (χ3v) is 14.2. The van der Waals surface area contributed by atoms with Gasteiger partial charge in [0.05, 0.1) is 22.1 Å². The van der Waals surface area contributed by atoms with Crippen molar-refractivity contribution in [3.05, 3.63) is 265 Å². The average molecular weight is 865 g/mol. The van der Waals surface area contributed by atoms with E-state index in [-0.39, 0.29) is 0 Å². The Morgan fingerprint density at radius 1 is 0.279 bits per heavy atom. The number of para-hydroxylation sites is 3. The van der Waals surface area contributed by atoms with Crippen LogP contribution < -0.4 is 0 Å². The summed E-state index contributed by atoms with van der Waals surface area (Å²) in [5.41, 5.74) is 20.5. The highest BCUT2D eigenvalue weighted by Gasteiger charge is 2.50. The molecule has 2 aliphatic rings. The molecule has 68 heavy (non-hydrogen) atoms. The number of rotatable bonds is 6. The monoisotopic (exact) mass is 864 g/mol. The molecule has 12 aromatic rings. The van der Waals surface area contributed by atoms with Gasteiger partial charge in [-0.1, -0.05) is 206 Å². The van der Waals surface area contributed by atoms with Crippen LogP contribution in [0.3, 0.4) is 0 Å². The van der Waals surface area contributed by atoms with Crippen LogP contribution in [0, 0.1) is 0 Å². The molecule has 4 heteroatoms. The summed E-state index contributed by atoms with van der Waals surface area (Å²) in [6.07, 6.45) is 0. The zero-order valence-corrected chi connectivity index (χ0v) is 36.9. The van der Waals surface area contributed by atoms with Gasteiger partial charge in [-0.05, 0) is 103 Å². The van der Waals surface area contributed by atoms with E-state index < -0.39 is 5.41 Å². The lowest BCUT2D eigenvalue weighted by atomic mass is 9.65. The van der Waals surface area contributed by atoms with Crippen molar-refractivity contribution in [2.45, 2.75) is 5.41 Å². The molecule has 1 atom stereocenters. The quantitative estimate of drug-likeness (QED) is 0.167. The van der Waals surface area contributed by atoms with Crippen LogP contribution >= 0.6 is 0 Å². The second-order valence-corrected chi connectivity index (χ2v) is 17.9. The molecule has 1 spiro atoms. The van der Waals surface area contributed by atoms with Crippen molar-refractivity contribution < 1.29 is 0 Å². The van der Waals surface area contributed by atoms with E-state index in [2.05, 4.69) is 235 Å². The van der Waals surface area contributed by atoms with Gasteiger partial charge in [-0.25, -0.2) is 15.0 Å². The van der Waals surface area contributed by atoms with Crippen molar-refractivity contribution in [1.82, 2.24) is 19.5 Å². The Labute approximate surface area is 394 Å². The lowest BCUT2D eigenvalue weighted by Gasteiger charge is -2.39. The van der Waals surface area contributed by atoms with Gasteiger partial charge in [0.25, 0.3) is 0 Å². The maximum atomic E-state index is 5.24. The van der Waals surface area contributed by atoms with Gasteiger partial charge in [0.1, 0.15) is 0 Å². The topological polar surface area (TPSA) is 43.6 Å². The van der Waals surface area contributed by atoms with Crippen molar-refractivity contribution in [1.29, 1.82) is 0 Å². The Hall–Kier alpha value is -8.99. The van der Waals surface area contributed by atoms with E-state index in [0.717, 1.165) is 50.1 Å². The summed E-state index contributed by atoms with van der Waals surface area (Å²) in [6, 6.07) is 87.5. The van der Waals surface area contributed by atoms with E-state index in [1.165, 1.54) is 60.9 Å². The fourth-order valence-electron chi connectivity index (χ4n) is 11.3. The molecular formula is C64H40N4. The van der Waals surface area contributed by atoms with Gasteiger partial charge in [-0.15, -0.1) is 0 Å². The molecule has 14 rings (SSSR count). The number of fused-ring (bicyclic) bond motifs is 12. The first kappa shape index (κ1) is 38.3. The minimum Gasteiger partial charge on any atom is -0.309 e. The van der Waals surface area contributed by atoms with Gasteiger partial charge in [0, 0.05) is 27.5 Å². The van der Waals surface area contributed by atoms with E-state index >= 15 is 0 Å². The van der Waals surface area contributed by atoms with Crippen LogP contribution in [-0.2, 0) is 5.41 Å². The first-order valence-corrected chi connectivity index (χ1v) is 23.3. The molecule has 0 fully saturated rings. The highest BCUT2D eigenvalue weighted by atomic mass is 15.0. The van der Waals surface area contributed by atoms with Crippen molar-refractivity contribution in [2.24, 2.45) is 0 Å². The van der Waals surface area contributed by atoms with Crippen LogP contribution in [-0.4, -0.2) is 19.5 Å². The fraction of sp³-hybridized carbons (Fsp3) is 0.0156. The Morgan fingerprint density at radius 2 is 0.721 bits per heavy atom. The molecule has 0 radical (unpaired) electrons. The normalized spacial score (nSPS) is 14.2. The van der Waals surface area contributed by atoms with Crippen molar-refractivity contribution >= 4 is 21.8 Å². The summed E-state index contributed by atoms with van der Waals surface area (Å²) in [6.45, 7) is 0. The van der Waals surface area contributed by atoms with Crippen molar-refractivity contribution in [2.75, 3.05) is 0 Å². The van der Waals surface area contributed by atoms with E-state index in [9.17, 15) is 0 Å². The van der Waals surface area contributed by atoms with Crippen LogP contribution in [0.2, 0.25) is 0 Å². The maximum Gasteiger partial charge on any atom is 0.164 e. The molecule has 0 amide bonds. The molecule has 0 saturated heterocycles. The molecular weight excluding hydrogens is 825 g/mol. The van der Waals surface area contributed by atoms with Gasteiger partial charge in [0.15, 0.2) is 17.5 Å². The molecule has 0 bridgehead atoms. The molecule has 0 unspecified atom stereocenters. The summed E-state index contributed by atoms with van der Waals surface area (Å²) in [7, 11) is 0. The largest absolute Gasteiger partial charge is 0.309 e. The van der Waals surface area contributed by atoms with Crippen LogP contribution in [0.25, 0.3) is 106 Å². The van der Waals surface area contributed by atoms with Crippen LogP contribution in [0.4, 0.5) is 0 Å². The summed E-state index contributed by atoms with van der Waals surface area (Å²) in [5, 5.41) is 2.56. The molecule has 1 aliphatic carbocycles. The second kappa shape index (κ2) is 15.0. The molecule has 1 aliphatic heterocycles. The lowest BCUT2D eigenvalue weighted by molar-refractivity contribution is 0.748. The Morgan fingerprint density at radius 3 is 1.37 bits per heavy atom. The predicted octanol–water partition coefficient (Wildman–Crippen LogP) is 15.6. The standard InChI is InChI=1S/C64H40N4/c1-3-17-41(18-4-1)43-21-13-24-47(37-43)61-65-62(48-25-14-22-44(38-48)42-19-5-2-6-20-42)67-63(66-61)49-26-15-23-45(39-49)46-35-36-55-53(40-46)50-27-7-9-30-54(50)64(55)56-31-10-12-34-59(56)68-58-33-11-8-28-51(58)52-29-16-32-57(64)60(52)68/h1-40H/t64-/m1/s1. The summed E-state index contributed by atoms with van der Waals surface area (Å²) < 4.78 is 2.50. The van der Waals surface area contributed by atoms with E-state index in [1.807, 2.05) is 12.1 Å². The molecule has 0 N–H and O–H groups in total. The Balaban J connectivity index is 0.928. The first-order chi connectivity index (χ1) is 33.7. The third kappa shape index (κ3) is 5.71. The van der Waals surface area contributed by atoms with Gasteiger partial charge in [0.2, 0.25) is 0 Å². The lowest BCUT2D eigenvalue weighted by Crippen LogP contribution is -2.33. The summed E-state index contributed by atoms with van der Waals surface area (Å²) in [4.78, 5) is 15.7. The number of nitrogens with zero attached hydrogens (tertiary/aromatic N) is 4. The van der Waals surface area contributed by atoms with E-state index in [0.29, 0.717) is 17.5 Å². The molecule has 2 aromatic heterocycles. The Bertz CT molecular complexity index is 3880. The van der Waals surface area contributed by atoms with E-state index in [4.69, 9.17) is 15.0 Å². The fourth-order valence-corrected chi connectivity index (χ4v) is 11.3. The minimum atomic E-state index is -0.500. The number of benzene rings is 10. The Kier molecular flexibility index (Phi) is 8.46. The number of hydrogen-bond donors (Lipinski definition) is 0. The first-order valence-electron chi connectivity index (χ1n) is 23.3. The maximum absolute atomic E-state index is 5.24. The van der Waals surface area contributed by atoms with Gasteiger partial charge >= 0.3 is 0 Å². The highest BCUT2D eigenvalue weighted by molar-refractivity contribution is 6.13. The number of aromatic nitrogens is 4. The van der Waals surface area contributed by atoms with Gasteiger partial charge in [-0.2, -0.15) is 0 Å². The van der Waals surface area contributed by atoms with Gasteiger partial charge < -0.3 is 4.57 Å². The smallest absolute Gasteiger partial charge is 0.164 e. The molecule has 316 valence electrons. The average Bonchev–Trinajstić information content (AvgIpc) is 3.92. The highest BCUT2D eigenvalue weighted by Crippen LogP contribution is 2.61. The zero-order chi connectivity index (χ0) is 44.8. The molecule has 0 saturated carbocycles. The molecule has 3 heterocycles. The van der Waals surface area contributed by atoms with Crippen LogP contribution in [0.15, 0.2) is 243 Å². The SMILES string of the molecule is c1ccc(-c2cccc(-c3nc(-c4cccc(-c5ccccc5)c4)nc(-c4cccc(-c5ccc6c(c5)-c5ccccc5[C@]65c6ccccc6-n6c7ccccc7c7cccc5c76)c4)n3)c2)cc1. The summed E-state index contributed by atoms with van der Waals surface area (Å²) >= 11 is 0. The second-order valence-electron chi connectivity index (χ2n) is 17.9. The zero-order valence-electron chi connectivity index (χ0n) is 36.9. The number of hydrogen-bond acceptors (Lipinski definition) is 3. The predicted molar refractivity (Wildman–Crippen MR) is 278 cm³/mol. The minimum absolute atomic E-state index is 0.500. The molecule has 4 nitrogen and oxygen atoms in total. The van der Waals surface area contributed by atoms with E-state index in [1.54, 1.807) is 0 Å².